The zero-order valence-corrected chi connectivity index (χ0v) is 9.37. The zero-order chi connectivity index (χ0) is 11.5. The lowest BCUT2D eigenvalue weighted by Crippen LogP contribution is -2.43. The highest BCUT2D eigenvalue weighted by atomic mass is 16.5. The van der Waals surface area contributed by atoms with E-state index in [0.717, 1.165) is 25.9 Å². The maximum Gasteiger partial charge on any atom is 0.239 e. The lowest BCUT2D eigenvalue weighted by Gasteiger charge is -2.09. The second kappa shape index (κ2) is 9.89. The van der Waals surface area contributed by atoms with Crippen LogP contribution >= 0.6 is 0 Å². The van der Waals surface area contributed by atoms with Gasteiger partial charge in [0.15, 0.2) is 0 Å². The number of aliphatic hydroxyl groups is 1. The maximum atomic E-state index is 11.1. The van der Waals surface area contributed by atoms with Gasteiger partial charge in [-0.15, -0.1) is 0 Å². The summed E-state index contributed by atoms with van der Waals surface area (Å²) >= 11 is 0. The van der Waals surface area contributed by atoms with E-state index in [1.54, 1.807) is 0 Å². The molecule has 5 heteroatoms. The Bertz CT molecular complexity index is 165. The normalized spacial score (nSPS) is 12.5. The van der Waals surface area contributed by atoms with Gasteiger partial charge < -0.3 is 20.9 Å². The van der Waals surface area contributed by atoms with Crippen LogP contribution in [0, 0.1) is 0 Å². The number of hydrogen-bond acceptors (Lipinski definition) is 4. The van der Waals surface area contributed by atoms with Gasteiger partial charge in [-0.2, -0.15) is 0 Å². The van der Waals surface area contributed by atoms with Crippen LogP contribution in [0.15, 0.2) is 0 Å². The molecule has 0 bridgehead atoms. The number of ether oxygens (including phenoxy) is 1. The van der Waals surface area contributed by atoms with E-state index in [0.29, 0.717) is 13.2 Å². The van der Waals surface area contributed by atoms with Crippen LogP contribution < -0.4 is 11.1 Å². The fourth-order valence-electron chi connectivity index (χ4n) is 0.948. The van der Waals surface area contributed by atoms with E-state index in [1.165, 1.54) is 0 Å². The van der Waals surface area contributed by atoms with Crippen molar-refractivity contribution in [3.8, 4) is 0 Å². The van der Waals surface area contributed by atoms with Crippen LogP contribution in [0.25, 0.3) is 0 Å². The number of unbranched alkanes of at least 4 members (excludes halogenated alkanes) is 1. The molecule has 0 aromatic rings. The maximum absolute atomic E-state index is 11.1. The monoisotopic (exact) mass is 218 g/mol. The molecule has 0 aliphatic carbocycles. The molecule has 1 unspecified atom stereocenters. The van der Waals surface area contributed by atoms with Crippen LogP contribution in [0.5, 0.6) is 0 Å². The Morgan fingerprint density at radius 3 is 2.73 bits per heavy atom. The molecular weight excluding hydrogens is 196 g/mol. The number of nitrogens with two attached hydrogens (primary N) is 1. The van der Waals surface area contributed by atoms with E-state index >= 15 is 0 Å². The van der Waals surface area contributed by atoms with Gasteiger partial charge in [-0.05, 0) is 12.8 Å². The first kappa shape index (κ1) is 14.3. The van der Waals surface area contributed by atoms with Gasteiger partial charge in [-0.3, -0.25) is 4.79 Å². The van der Waals surface area contributed by atoms with E-state index in [9.17, 15) is 4.79 Å². The largest absolute Gasteiger partial charge is 0.394 e. The molecular formula is C10H22N2O3. The van der Waals surface area contributed by atoms with E-state index < -0.39 is 6.04 Å². The third kappa shape index (κ3) is 8.35. The highest BCUT2D eigenvalue weighted by molar-refractivity contribution is 5.81. The molecule has 0 saturated heterocycles. The molecule has 0 radical (unpaired) electrons. The number of nitrogens with one attached hydrogen (secondary N) is 1. The summed E-state index contributed by atoms with van der Waals surface area (Å²) in [5, 5.41) is 11.2. The fourth-order valence-corrected chi connectivity index (χ4v) is 0.948. The summed E-state index contributed by atoms with van der Waals surface area (Å²) in [6.45, 7) is 3.76. The zero-order valence-electron chi connectivity index (χ0n) is 9.37. The number of rotatable bonds is 9. The summed E-state index contributed by atoms with van der Waals surface area (Å²) in [6, 6.07) is -0.814. The Balaban J connectivity index is 3.20. The highest BCUT2D eigenvalue weighted by Crippen LogP contribution is 1.89. The Morgan fingerprint density at radius 1 is 1.47 bits per heavy atom. The van der Waals surface area contributed by atoms with Crippen molar-refractivity contribution in [2.45, 2.75) is 32.2 Å². The molecule has 0 aromatic heterocycles. The van der Waals surface area contributed by atoms with E-state index in [4.69, 9.17) is 15.6 Å². The van der Waals surface area contributed by atoms with Gasteiger partial charge in [0.1, 0.15) is 6.04 Å². The van der Waals surface area contributed by atoms with E-state index in [-0.39, 0.29) is 12.5 Å². The molecule has 0 aromatic carbocycles. The number of amides is 1. The SMILES string of the molecule is CCCCOCCCNC(=O)C(N)CO. The van der Waals surface area contributed by atoms with Gasteiger partial charge in [0.2, 0.25) is 5.91 Å². The molecule has 4 N–H and O–H groups in total. The molecule has 0 spiro atoms. The standard InChI is InChI=1S/C10H22N2O3/c1-2-3-6-15-7-4-5-12-10(14)9(11)8-13/h9,13H,2-8,11H2,1H3,(H,12,14). The average molecular weight is 218 g/mol. The van der Waals surface area contributed by atoms with Gasteiger partial charge in [0.05, 0.1) is 6.61 Å². The minimum Gasteiger partial charge on any atom is -0.394 e. The van der Waals surface area contributed by atoms with Crippen molar-refractivity contribution in [2.24, 2.45) is 5.73 Å². The van der Waals surface area contributed by atoms with Crippen LogP contribution in [0.1, 0.15) is 26.2 Å². The molecule has 0 heterocycles. The molecule has 5 nitrogen and oxygen atoms in total. The van der Waals surface area contributed by atoms with Crippen LogP contribution in [0.2, 0.25) is 0 Å². The lowest BCUT2D eigenvalue weighted by atomic mass is 10.3. The van der Waals surface area contributed by atoms with Gasteiger partial charge in [-0.1, -0.05) is 13.3 Å². The predicted molar refractivity (Wildman–Crippen MR) is 58.4 cm³/mol. The third-order valence-electron chi connectivity index (χ3n) is 1.94. The van der Waals surface area contributed by atoms with Crippen LogP contribution in [-0.4, -0.2) is 43.4 Å². The molecule has 1 atom stereocenters. The molecule has 1 amide bonds. The van der Waals surface area contributed by atoms with Crippen molar-refractivity contribution in [3.05, 3.63) is 0 Å². The first-order chi connectivity index (χ1) is 7.22. The van der Waals surface area contributed by atoms with Gasteiger partial charge in [0.25, 0.3) is 0 Å². The summed E-state index contributed by atoms with van der Waals surface area (Å²) in [4.78, 5) is 11.1. The van der Waals surface area contributed by atoms with Crippen molar-refractivity contribution < 1.29 is 14.6 Å². The number of carbonyl (C=O) groups excluding carboxylic acids is 1. The summed E-state index contributed by atoms with van der Waals surface area (Å²) in [6.07, 6.45) is 2.97. The van der Waals surface area contributed by atoms with E-state index in [1.807, 2.05) is 0 Å². The van der Waals surface area contributed by atoms with Crippen LogP contribution in [0.4, 0.5) is 0 Å². The molecule has 0 rings (SSSR count). The van der Waals surface area contributed by atoms with Crippen LogP contribution in [-0.2, 0) is 9.53 Å². The minimum absolute atomic E-state index is 0.314. The Kier molecular flexibility index (Phi) is 9.46. The Hall–Kier alpha value is -0.650. The van der Waals surface area contributed by atoms with Crippen molar-refractivity contribution in [1.82, 2.24) is 5.32 Å². The summed E-state index contributed by atoms with van der Waals surface area (Å²) in [7, 11) is 0. The molecule has 0 aliphatic rings. The first-order valence-electron chi connectivity index (χ1n) is 5.44. The van der Waals surface area contributed by atoms with E-state index in [2.05, 4.69) is 12.2 Å². The minimum atomic E-state index is -0.814. The molecule has 0 saturated carbocycles. The molecule has 15 heavy (non-hydrogen) atoms. The van der Waals surface area contributed by atoms with Crippen molar-refractivity contribution in [3.63, 3.8) is 0 Å². The first-order valence-corrected chi connectivity index (χ1v) is 5.44. The quantitative estimate of drug-likeness (QED) is 0.461. The molecule has 0 fully saturated rings. The smallest absolute Gasteiger partial charge is 0.239 e. The molecule has 90 valence electrons. The number of aliphatic hydroxyl groups excluding tert-OH is 1. The number of carbonyl (C=O) groups is 1. The Labute approximate surface area is 91.0 Å². The highest BCUT2D eigenvalue weighted by Gasteiger charge is 2.09. The molecule has 0 aliphatic heterocycles. The van der Waals surface area contributed by atoms with Crippen molar-refractivity contribution in [1.29, 1.82) is 0 Å². The van der Waals surface area contributed by atoms with Gasteiger partial charge in [0, 0.05) is 19.8 Å². The fraction of sp³-hybridized carbons (Fsp3) is 0.900. The summed E-state index contributed by atoms with van der Waals surface area (Å²) < 4.78 is 5.31. The second-order valence-corrected chi connectivity index (χ2v) is 3.40. The summed E-state index contributed by atoms with van der Waals surface area (Å²) in [5.41, 5.74) is 5.30. The predicted octanol–water partition coefficient (Wildman–Crippen LogP) is -0.371. The lowest BCUT2D eigenvalue weighted by molar-refractivity contribution is -0.123. The van der Waals surface area contributed by atoms with Crippen molar-refractivity contribution in [2.75, 3.05) is 26.4 Å². The van der Waals surface area contributed by atoms with Crippen molar-refractivity contribution >= 4 is 5.91 Å². The van der Waals surface area contributed by atoms with Gasteiger partial charge >= 0.3 is 0 Å². The van der Waals surface area contributed by atoms with Crippen LogP contribution in [0.3, 0.4) is 0 Å². The average Bonchev–Trinajstić information content (AvgIpc) is 2.26. The summed E-state index contributed by atoms with van der Waals surface area (Å²) in [5.74, 6) is -0.314. The third-order valence-corrected chi connectivity index (χ3v) is 1.94. The second-order valence-electron chi connectivity index (χ2n) is 3.40. The van der Waals surface area contributed by atoms with Gasteiger partial charge in [-0.25, -0.2) is 0 Å². The topological polar surface area (TPSA) is 84.6 Å². The number of hydrogen-bond donors (Lipinski definition) is 3. The Morgan fingerprint density at radius 2 is 2.13 bits per heavy atom.